The van der Waals surface area contributed by atoms with Gasteiger partial charge in [0.15, 0.2) is 0 Å². The molecule has 0 spiro atoms. The van der Waals surface area contributed by atoms with E-state index in [-0.39, 0.29) is 17.1 Å². The number of nitrogens with zero attached hydrogens (tertiary/aromatic N) is 3. The Morgan fingerprint density at radius 1 is 1.75 bits per heavy atom. The molecule has 0 atom stereocenters. The van der Waals surface area contributed by atoms with Crippen LogP contribution in [0.4, 0.5) is 11.4 Å². The third kappa shape index (κ3) is 1.29. The van der Waals surface area contributed by atoms with Crippen molar-refractivity contribution >= 4 is 11.4 Å². The van der Waals surface area contributed by atoms with Crippen molar-refractivity contribution in [1.82, 2.24) is 4.98 Å². The predicted octanol–water partition coefficient (Wildman–Crippen LogP) is 0.444. The first-order valence-corrected chi connectivity index (χ1v) is 2.95. The highest BCUT2D eigenvalue weighted by molar-refractivity contribution is 5.58. The highest BCUT2D eigenvalue weighted by Gasteiger charge is 2.11. The average Bonchev–Trinajstić information content (AvgIpc) is 2.03. The summed E-state index contributed by atoms with van der Waals surface area (Å²) in [5.74, 6) is 0. The van der Waals surface area contributed by atoms with Crippen molar-refractivity contribution in [2.24, 2.45) is 0 Å². The molecule has 0 aliphatic carbocycles. The SMILES string of the molecule is N#Cc1cc(N)c([N+](=O)[O-])cn1. The highest BCUT2D eigenvalue weighted by atomic mass is 16.6. The molecule has 0 aliphatic heterocycles. The Hall–Kier alpha value is -2.16. The molecule has 2 N–H and O–H groups in total. The molecule has 60 valence electrons. The zero-order chi connectivity index (χ0) is 9.14. The van der Waals surface area contributed by atoms with E-state index in [0.29, 0.717) is 0 Å². The normalized spacial score (nSPS) is 8.92. The molecule has 0 saturated heterocycles. The monoisotopic (exact) mass is 164 g/mol. The standard InChI is InChI=1S/C6H4N4O2/c7-2-4-1-5(8)6(3-9-4)10(11)12/h1,3H,(H2,8,9). The topological polar surface area (TPSA) is 106 Å². The minimum atomic E-state index is -0.649. The van der Waals surface area contributed by atoms with E-state index in [4.69, 9.17) is 11.0 Å². The van der Waals surface area contributed by atoms with Gasteiger partial charge in [-0.2, -0.15) is 5.26 Å². The fourth-order valence-corrected chi connectivity index (χ4v) is 0.677. The zero-order valence-corrected chi connectivity index (χ0v) is 5.89. The number of aromatic nitrogens is 1. The number of rotatable bonds is 1. The second kappa shape index (κ2) is 2.84. The van der Waals surface area contributed by atoms with Crippen LogP contribution < -0.4 is 5.73 Å². The van der Waals surface area contributed by atoms with Gasteiger partial charge in [0, 0.05) is 6.07 Å². The highest BCUT2D eigenvalue weighted by Crippen LogP contribution is 2.19. The summed E-state index contributed by atoms with van der Waals surface area (Å²) in [7, 11) is 0. The quantitative estimate of drug-likeness (QED) is 0.478. The third-order valence-electron chi connectivity index (χ3n) is 1.23. The summed E-state index contributed by atoms with van der Waals surface area (Å²) in [5, 5.41) is 18.6. The van der Waals surface area contributed by atoms with E-state index < -0.39 is 4.92 Å². The summed E-state index contributed by atoms with van der Waals surface area (Å²) in [6, 6.07) is 2.89. The first kappa shape index (κ1) is 7.94. The zero-order valence-electron chi connectivity index (χ0n) is 5.89. The lowest BCUT2D eigenvalue weighted by molar-refractivity contribution is -0.384. The molecule has 0 aromatic carbocycles. The smallest absolute Gasteiger partial charge is 0.310 e. The summed E-state index contributed by atoms with van der Waals surface area (Å²) in [6.07, 6.45) is 0.966. The van der Waals surface area contributed by atoms with Gasteiger partial charge in [0.2, 0.25) is 0 Å². The van der Waals surface area contributed by atoms with E-state index in [1.165, 1.54) is 0 Å². The number of hydrogen-bond acceptors (Lipinski definition) is 5. The Kier molecular flexibility index (Phi) is 1.88. The van der Waals surface area contributed by atoms with Crippen LogP contribution >= 0.6 is 0 Å². The molecule has 0 aliphatic rings. The van der Waals surface area contributed by atoms with E-state index in [1.54, 1.807) is 6.07 Å². The lowest BCUT2D eigenvalue weighted by Gasteiger charge is -1.94. The van der Waals surface area contributed by atoms with Crippen LogP contribution in [-0.2, 0) is 0 Å². The van der Waals surface area contributed by atoms with Crippen molar-refractivity contribution < 1.29 is 4.92 Å². The second-order valence-corrected chi connectivity index (χ2v) is 2.00. The van der Waals surface area contributed by atoms with Crippen LogP contribution in [0.5, 0.6) is 0 Å². The lowest BCUT2D eigenvalue weighted by Crippen LogP contribution is -1.97. The van der Waals surface area contributed by atoms with Gasteiger partial charge in [-0.3, -0.25) is 10.1 Å². The van der Waals surface area contributed by atoms with Crippen molar-refractivity contribution in [3.8, 4) is 6.07 Å². The van der Waals surface area contributed by atoms with Gasteiger partial charge in [0.25, 0.3) is 0 Å². The lowest BCUT2D eigenvalue weighted by atomic mass is 10.3. The van der Waals surface area contributed by atoms with Gasteiger partial charge in [-0.1, -0.05) is 0 Å². The first-order chi connectivity index (χ1) is 5.65. The number of anilines is 1. The van der Waals surface area contributed by atoms with Gasteiger partial charge in [0.1, 0.15) is 23.6 Å². The van der Waals surface area contributed by atoms with Gasteiger partial charge in [-0.05, 0) is 0 Å². The maximum absolute atomic E-state index is 10.2. The molecular formula is C6H4N4O2. The van der Waals surface area contributed by atoms with E-state index in [1.807, 2.05) is 0 Å². The van der Waals surface area contributed by atoms with Gasteiger partial charge in [0.05, 0.1) is 4.92 Å². The molecule has 6 heteroatoms. The molecule has 0 bridgehead atoms. The average molecular weight is 164 g/mol. The summed E-state index contributed by atoms with van der Waals surface area (Å²) >= 11 is 0. The Bertz CT molecular complexity index is 368. The van der Waals surface area contributed by atoms with Gasteiger partial charge in [-0.15, -0.1) is 0 Å². The van der Waals surface area contributed by atoms with E-state index in [9.17, 15) is 10.1 Å². The minimum absolute atomic E-state index is 0.0495. The van der Waals surface area contributed by atoms with Crippen molar-refractivity contribution in [3.63, 3.8) is 0 Å². The number of nitrogens with two attached hydrogens (primary N) is 1. The van der Waals surface area contributed by atoms with Gasteiger partial charge >= 0.3 is 5.69 Å². The number of nitrogen functional groups attached to an aromatic ring is 1. The molecule has 0 fully saturated rings. The van der Waals surface area contributed by atoms with Crippen molar-refractivity contribution in [2.45, 2.75) is 0 Å². The van der Waals surface area contributed by atoms with Crippen LogP contribution in [0.15, 0.2) is 12.3 Å². The molecular weight excluding hydrogens is 160 g/mol. The third-order valence-corrected chi connectivity index (χ3v) is 1.23. The summed E-state index contributed by atoms with van der Waals surface area (Å²) in [4.78, 5) is 13.1. The molecule has 1 rings (SSSR count). The molecule has 0 radical (unpaired) electrons. The molecule has 0 amide bonds. The fraction of sp³-hybridized carbons (Fsp3) is 0. The van der Waals surface area contributed by atoms with E-state index in [0.717, 1.165) is 12.3 Å². The van der Waals surface area contributed by atoms with Crippen molar-refractivity contribution in [3.05, 3.63) is 28.1 Å². The number of nitriles is 1. The molecule has 12 heavy (non-hydrogen) atoms. The molecule has 0 unspecified atom stereocenters. The first-order valence-electron chi connectivity index (χ1n) is 2.95. The summed E-state index contributed by atoms with van der Waals surface area (Å²) in [5.41, 5.74) is 5.00. The van der Waals surface area contributed by atoms with Crippen LogP contribution in [0.1, 0.15) is 5.69 Å². The largest absolute Gasteiger partial charge is 0.393 e. The fourth-order valence-electron chi connectivity index (χ4n) is 0.677. The van der Waals surface area contributed by atoms with E-state index in [2.05, 4.69) is 4.98 Å². The maximum atomic E-state index is 10.2. The summed E-state index contributed by atoms with van der Waals surface area (Å²) in [6.45, 7) is 0. The van der Waals surface area contributed by atoms with Gasteiger partial charge < -0.3 is 5.73 Å². The Labute approximate surface area is 67.4 Å². The predicted molar refractivity (Wildman–Crippen MR) is 40.0 cm³/mol. The summed E-state index contributed by atoms with van der Waals surface area (Å²) < 4.78 is 0. The minimum Gasteiger partial charge on any atom is -0.393 e. The van der Waals surface area contributed by atoms with Crippen LogP contribution in [-0.4, -0.2) is 9.91 Å². The number of nitro groups is 1. The van der Waals surface area contributed by atoms with E-state index >= 15 is 0 Å². The van der Waals surface area contributed by atoms with Crippen molar-refractivity contribution in [1.29, 1.82) is 5.26 Å². The Morgan fingerprint density at radius 2 is 2.42 bits per heavy atom. The molecule has 1 aromatic rings. The van der Waals surface area contributed by atoms with Crippen molar-refractivity contribution in [2.75, 3.05) is 5.73 Å². The number of pyridine rings is 1. The molecule has 6 nitrogen and oxygen atoms in total. The van der Waals surface area contributed by atoms with Crippen LogP contribution in [0, 0.1) is 21.4 Å². The van der Waals surface area contributed by atoms with Crippen LogP contribution in [0.2, 0.25) is 0 Å². The van der Waals surface area contributed by atoms with Crippen LogP contribution in [0.25, 0.3) is 0 Å². The number of hydrogen-bond donors (Lipinski definition) is 1. The second-order valence-electron chi connectivity index (χ2n) is 2.00. The van der Waals surface area contributed by atoms with Gasteiger partial charge in [-0.25, -0.2) is 4.98 Å². The maximum Gasteiger partial charge on any atom is 0.310 e. The molecule has 0 saturated carbocycles. The molecule has 1 aromatic heterocycles. The molecule has 1 heterocycles. The Balaban J connectivity index is 3.23. The van der Waals surface area contributed by atoms with Crippen LogP contribution in [0.3, 0.4) is 0 Å². The Morgan fingerprint density at radius 3 is 2.83 bits per heavy atom.